The summed E-state index contributed by atoms with van der Waals surface area (Å²) in [6.07, 6.45) is 5.29. The molecule has 1 atom stereocenters. The Morgan fingerprint density at radius 1 is 1.18 bits per heavy atom. The maximum atomic E-state index is 10.1. The van der Waals surface area contributed by atoms with Gasteiger partial charge in [0.25, 0.3) is 0 Å². The van der Waals surface area contributed by atoms with Crippen molar-refractivity contribution in [1.29, 1.82) is 0 Å². The first-order valence-corrected chi connectivity index (χ1v) is 6.79. The molecule has 1 aliphatic rings. The minimum Gasteiger partial charge on any atom is -0.393 e. The molecule has 0 radical (unpaired) electrons. The van der Waals surface area contributed by atoms with Crippen molar-refractivity contribution in [1.82, 2.24) is 5.32 Å². The van der Waals surface area contributed by atoms with Crippen LogP contribution in [0.15, 0.2) is 30.3 Å². The fourth-order valence-corrected chi connectivity index (χ4v) is 2.62. The summed E-state index contributed by atoms with van der Waals surface area (Å²) in [5.41, 5.74) is 1.38. The molecule has 0 bridgehead atoms. The van der Waals surface area contributed by atoms with E-state index in [1.54, 1.807) is 0 Å². The van der Waals surface area contributed by atoms with E-state index < -0.39 is 0 Å². The summed E-state index contributed by atoms with van der Waals surface area (Å²) in [5.74, 6) is 0.520. The van der Waals surface area contributed by atoms with Crippen molar-refractivity contribution in [2.45, 2.75) is 38.2 Å². The van der Waals surface area contributed by atoms with Gasteiger partial charge in [-0.1, -0.05) is 30.3 Å². The molecule has 2 nitrogen and oxygen atoms in total. The van der Waals surface area contributed by atoms with E-state index in [9.17, 15) is 5.11 Å². The van der Waals surface area contributed by atoms with Gasteiger partial charge in [-0.05, 0) is 56.7 Å². The normalized spacial score (nSPS) is 19.1. The Hall–Kier alpha value is -0.860. The third-order valence-corrected chi connectivity index (χ3v) is 3.74. The number of benzene rings is 1. The molecule has 0 aromatic heterocycles. The monoisotopic (exact) mass is 233 g/mol. The van der Waals surface area contributed by atoms with E-state index in [-0.39, 0.29) is 6.10 Å². The molecule has 1 heterocycles. The van der Waals surface area contributed by atoms with Crippen LogP contribution in [0.5, 0.6) is 0 Å². The Balaban J connectivity index is 1.67. The topological polar surface area (TPSA) is 32.3 Å². The number of aliphatic hydroxyl groups excluding tert-OH is 1. The molecular weight excluding hydrogens is 210 g/mol. The van der Waals surface area contributed by atoms with Crippen LogP contribution in [-0.4, -0.2) is 24.3 Å². The molecule has 94 valence electrons. The molecule has 1 aliphatic heterocycles. The molecule has 0 saturated carbocycles. The third kappa shape index (κ3) is 4.14. The zero-order chi connectivity index (χ0) is 11.9. The Labute approximate surface area is 104 Å². The lowest BCUT2D eigenvalue weighted by Gasteiger charge is -2.27. The second-order valence-corrected chi connectivity index (χ2v) is 5.03. The molecule has 0 spiro atoms. The van der Waals surface area contributed by atoms with Crippen LogP contribution < -0.4 is 5.32 Å². The number of nitrogens with one attached hydrogen (secondary N) is 1. The van der Waals surface area contributed by atoms with Crippen molar-refractivity contribution in [3.8, 4) is 0 Å². The molecular formula is C15H23NO. The molecule has 0 aliphatic carbocycles. The quantitative estimate of drug-likeness (QED) is 0.818. The summed E-state index contributed by atoms with van der Waals surface area (Å²) in [5, 5.41) is 13.5. The first-order valence-electron chi connectivity index (χ1n) is 6.79. The molecule has 1 aromatic carbocycles. The van der Waals surface area contributed by atoms with E-state index >= 15 is 0 Å². The van der Waals surface area contributed by atoms with Crippen molar-refractivity contribution in [3.05, 3.63) is 35.9 Å². The van der Waals surface area contributed by atoms with Gasteiger partial charge in [0.15, 0.2) is 0 Å². The van der Waals surface area contributed by atoms with Crippen LogP contribution in [0.25, 0.3) is 0 Å². The summed E-state index contributed by atoms with van der Waals surface area (Å²) in [6, 6.07) is 10.5. The highest BCUT2D eigenvalue weighted by Crippen LogP contribution is 2.20. The van der Waals surface area contributed by atoms with Gasteiger partial charge in [0, 0.05) is 0 Å². The van der Waals surface area contributed by atoms with Crippen molar-refractivity contribution in [2.75, 3.05) is 13.1 Å². The van der Waals surface area contributed by atoms with Crippen molar-refractivity contribution >= 4 is 0 Å². The van der Waals surface area contributed by atoms with Crippen LogP contribution in [0.4, 0.5) is 0 Å². The third-order valence-electron chi connectivity index (χ3n) is 3.74. The van der Waals surface area contributed by atoms with E-state index in [1.165, 1.54) is 5.56 Å². The number of hydrogen-bond acceptors (Lipinski definition) is 2. The predicted molar refractivity (Wildman–Crippen MR) is 71.0 cm³/mol. The lowest BCUT2D eigenvalue weighted by Crippen LogP contribution is -2.34. The maximum Gasteiger partial charge on any atom is 0.0569 e. The van der Waals surface area contributed by atoms with Crippen molar-refractivity contribution in [2.24, 2.45) is 5.92 Å². The number of aliphatic hydroxyl groups is 1. The Bertz CT molecular complexity index is 306. The fourth-order valence-electron chi connectivity index (χ4n) is 2.62. The molecule has 1 aromatic rings. The maximum absolute atomic E-state index is 10.1. The molecule has 0 amide bonds. The molecule has 1 saturated heterocycles. The average molecular weight is 233 g/mol. The van der Waals surface area contributed by atoms with Gasteiger partial charge in [-0.2, -0.15) is 0 Å². The van der Waals surface area contributed by atoms with Crippen LogP contribution in [0.2, 0.25) is 0 Å². The van der Waals surface area contributed by atoms with E-state index in [0.29, 0.717) is 5.92 Å². The second-order valence-electron chi connectivity index (χ2n) is 5.03. The van der Waals surface area contributed by atoms with Crippen LogP contribution in [0.3, 0.4) is 0 Å². The zero-order valence-corrected chi connectivity index (χ0v) is 10.4. The van der Waals surface area contributed by atoms with Crippen LogP contribution in [0, 0.1) is 5.92 Å². The summed E-state index contributed by atoms with van der Waals surface area (Å²) >= 11 is 0. The molecule has 17 heavy (non-hydrogen) atoms. The van der Waals surface area contributed by atoms with Gasteiger partial charge in [0.2, 0.25) is 0 Å². The fraction of sp³-hybridized carbons (Fsp3) is 0.600. The number of aryl methyl sites for hydroxylation is 1. The van der Waals surface area contributed by atoms with Crippen molar-refractivity contribution < 1.29 is 5.11 Å². The smallest absolute Gasteiger partial charge is 0.0569 e. The second kappa shape index (κ2) is 6.77. The Morgan fingerprint density at radius 2 is 1.88 bits per heavy atom. The van der Waals surface area contributed by atoms with Crippen LogP contribution in [0.1, 0.15) is 31.2 Å². The predicted octanol–water partition coefficient (Wildman–Crippen LogP) is 2.37. The van der Waals surface area contributed by atoms with Gasteiger partial charge in [-0.15, -0.1) is 0 Å². The molecule has 2 heteroatoms. The van der Waals surface area contributed by atoms with E-state index in [0.717, 1.165) is 45.2 Å². The molecule has 1 fully saturated rings. The Kier molecular flexibility index (Phi) is 5.02. The highest BCUT2D eigenvalue weighted by atomic mass is 16.3. The largest absolute Gasteiger partial charge is 0.393 e. The number of piperidine rings is 1. The van der Waals surface area contributed by atoms with E-state index in [2.05, 4.69) is 29.6 Å². The molecule has 2 rings (SSSR count). The SMILES string of the molecule is OC(CCCc1ccccc1)C1CCNCC1. The summed E-state index contributed by atoms with van der Waals surface area (Å²) < 4.78 is 0. The minimum absolute atomic E-state index is 0.0965. The summed E-state index contributed by atoms with van der Waals surface area (Å²) in [6.45, 7) is 2.14. The van der Waals surface area contributed by atoms with E-state index in [4.69, 9.17) is 0 Å². The van der Waals surface area contributed by atoms with Gasteiger partial charge in [0.1, 0.15) is 0 Å². The highest BCUT2D eigenvalue weighted by molar-refractivity contribution is 5.14. The first-order chi connectivity index (χ1) is 8.36. The standard InChI is InChI=1S/C15H23NO/c17-15(14-9-11-16-12-10-14)8-4-7-13-5-2-1-3-6-13/h1-3,5-6,14-17H,4,7-12H2. The van der Waals surface area contributed by atoms with Crippen molar-refractivity contribution in [3.63, 3.8) is 0 Å². The van der Waals surface area contributed by atoms with Gasteiger partial charge in [-0.3, -0.25) is 0 Å². The molecule has 1 unspecified atom stereocenters. The highest BCUT2D eigenvalue weighted by Gasteiger charge is 2.20. The lowest BCUT2D eigenvalue weighted by molar-refractivity contribution is 0.0793. The van der Waals surface area contributed by atoms with Gasteiger partial charge in [-0.25, -0.2) is 0 Å². The summed E-state index contributed by atoms with van der Waals surface area (Å²) in [7, 11) is 0. The average Bonchev–Trinajstić information content (AvgIpc) is 2.41. The Morgan fingerprint density at radius 3 is 2.59 bits per heavy atom. The first kappa shape index (κ1) is 12.6. The minimum atomic E-state index is -0.0965. The van der Waals surface area contributed by atoms with Gasteiger partial charge in [0.05, 0.1) is 6.10 Å². The van der Waals surface area contributed by atoms with Crippen LogP contribution in [-0.2, 0) is 6.42 Å². The van der Waals surface area contributed by atoms with Gasteiger partial charge >= 0.3 is 0 Å². The van der Waals surface area contributed by atoms with Crippen LogP contribution >= 0.6 is 0 Å². The molecule has 2 N–H and O–H groups in total. The van der Waals surface area contributed by atoms with E-state index in [1.807, 2.05) is 6.07 Å². The summed E-state index contributed by atoms with van der Waals surface area (Å²) in [4.78, 5) is 0. The lowest BCUT2D eigenvalue weighted by atomic mass is 9.89. The number of rotatable bonds is 5. The van der Waals surface area contributed by atoms with Gasteiger partial charge < -0.3 is 10.4 Å². The number of hydrogen-bond donors (Lipinski definition) is 2. The zero-order valence-electron chi connectivity index (χ0n) is 10.4.